The van der Waals surface area contributed by atoms with Gasteiger partial charge in [-0.3, -0.25) is 4.79 Å². The van der Waals surface area contributed by atoms with Gasteiger partial charge in [-0.1, -0.05) is 25.1 Å². The van der Waals surface area contributed by atoms with Crippen LogP contribution in [0.5, 0.6) is 0 Å². The molecule has 5 heteroatoms. The van der Waals surface area contributed by atoms with Gasteiger partial charge in [0.15, 0.2) is 5.78 Å². The molecule has 2 atom stereocenters. The van der Waals surface area contributed by atoms with E-state index in [9.17, 15) is 19.9 Å². The summed E-state index contributed by atoms with van der Waals surface area (Å²) >= 11 is 0. The monoisotopic (exact) mass is 286 g/mol. The molecule has 1 saturated carbocycles. The molecule has 1 fully saturated rings. The number of hydrogen-bond acceptors (Lipinski definition) is 4. The Balaban J connectivity index is 2.16. The Morgan fingerprint density at radius 2 is 1.95 bits per heavy atom. The maximum absolute atomic E-state index is 12.6. The van der Waals surface area contributed by atoms with Crippen molar-refractivity contribution >= 4 is 23.9 Å². The van der Waals surface area contributed by atoms with Gasteiger partial charge in [0.05, 0.1) is 5.57 Å². The van der Waals surface area contributed by atoms with Gasteiger partial charge in [0, 0.05) is 11.8 Å². The second-order valence-electron chi connectivity index (χ2n) is 5.98. The van der Waals surface area contributed by atoms with Gasteiger partial charge in [-0.15, -0.1) is 0 Å². The Hall–Kier alpha value is -1.59. The fourth-order valence-corrected chi connectivity index (χ4v) is 3.57. The quantitative estimate of drug-likeness (QED) is 0.730. The van der Waals surface area contributed by atoms with Crippen LogP contribution in [0.25, 0.3) is 5.57 Å². The molecule has 21 heavy (non-hydrogen) atoms. The van der Waals surface area contributed by atoms with Gasteiger partial charge in [-0.2, -0.15) is 0 Å². The van der Waals surface area contributed by atoms with Crippen molar-refractivity contribution in [1.29, 1.82) is 0 Å². The molecule has 0 aromatic heterocycles. The van der Waals surface area contributed by atoms with Crippen LogP contribution in [0.1, 0.15) is 37.3 Å². The zero-order valence-corrected chi connectivity index (χ0v) is 12.0. The number of benzene rings is 1. The first-order chi connectivity index (χ1) is 10.0. The van der Waals surface area contributed by atoms with Crippen molar-refractivity contribution in [3.63, 3.8) is 0 Å². The van der Waals surface area contributed by atoms with Crippen LogP contribution in [0.15, 0.2) is 24.0 Å². The summed E-state index contributed by atoms with van der Waals surface area (Å²) in [6.45, 7) is 1.98. The van der Waals surface area contributed by atoms with E-state index in [1.807, 2.05) is 6.92 Å². The number of carbonyl (C=O) groups is 1. The van der Waals surface area contributed by atoms with Crippen LogP contribution in [0, 0.1) is 11.8 Å². The number of aliphatic hydroxyl groups is 1. The number of aliphatic hydroxyl groups excluding tert-OH is 1. The number of Topliss-reactive ketones (excluding diaryl/α,β-unsaturated/α-hetero) is 1. The number of ketones is 1. The van der Waals surface area contributed by atoms with Crippen molar-refractivity contribution in [2.24, 2.45) is 11.8 Å². The average molecular weight is 286 g/mol. The minimum absolute atomic E-state index is 0.000490. The second kappa shape index (κ2) is 5.32. The number of hydrogen-bond donors (Lipinski definition) is 3. The Labute approximate surface area is 124 Å². The number of allylic oxidation sites excluding steroid dienone is 2. The summed E-state index contributed by atoms with van der Waals surface area (Å²) in [5, 5.41) is 29.2. The van der Waals surface area contributed by atoms with Crippen molar-refractivity contribution in [2.75, 3.05) is 0 Å². The van der Waals surface area contributed by atoms with Crippen molar-refractivity contribution in [1.82, 2.24) is 0 Å². The van der Waals surface area contributed by atoms with E-state index in [4.69, 9.17) is 0 Å². The van der Waals surface area contributed by atoms with E-state index in [0.717, 1.165) is 31.2 Å². The highest BCUT2D eigenvalue weighted by Gasteiger charge is 2.41. The second-order valence-corrected chi connectivity index (χ2v) is 5.98. The van der Waals surface area contributed by atoms with Crippen molar-refractivity contribution in [3.05, 3.63) is 35.1 Å². The summed E-state index contributed by atoms with van der Waals surface area (Å²) in [4.78, 5) is 12.6. The summed E-state index contributed by atoms with van der Waals surface area (Å²) in [5.41, 5.74) is 2.33. The lowest BCUT2D eigenvalue weighted by atomic mass is 9.75. The Kier molecular flexibility index (Phi) is 3.63. The average Bonchev–Trinajstić information content (AvgIpc) is 2.92. The SMILES string of the molecule is CCc1ccc(B(O)O)cc1C1=C(O)[C@@H]2CC[C@@H](C2)C1=O. The first kappa shape index (κ1) is 14.4. The largest absolute Gasteiger partial charge is 0.511 e. The molecule has 4 nitrogen and oxygen atoms in total. The molecule has 3 N–H and O–H groups in total. The highest BCUT2D eigenvalue weighted by Crippen LogP contribution is 2.45. The Morgan fingerprint density at radius 1 is 1.24 bits per heavy atom. The highest BCUT2D eigenvalue weighted by molar-refractivity contribution is 6.58. The molecule has 0 saturated heterocycles. The molecule has 2 aliphatic rings. The summed E-state index contributed by atoms with van der Waals surface area (Å²) in [7, 11) is -1.58. The van der Waals surface area contributed by atoms with E-state index in [0.29, 0.717) is 16.6 Å². The molecular formula is C16H19BO4. The third-order valence-corrected chi connectivity index (χ3v) is 4.77. The fourth-order valence-electron chi connectivity index (χ4n) is 3.57. The third kappa shape index (κ3) is 2.30. The predicted molar refractivity (Wildman–Crippen MR) is 81.0 cm³/mol. The lowest BCUT2D eigenvalue weighted by Gasteiger charge is -2.23. The van der Waals surface area contributed by atoms with Crippen molar-refractivity contribution < 1.29 is 19.9 Å². The highest BCUT2D eigenvalue weighted by atomic mass is 16.4. The van der Waals surface area contributed by atoms with Crippen LogP contribution in [-0.4, -0.2) is 28.1 Å². The van der Waals surface area contributed by atoms with Crippen molar-refractivity contribution in [2.45, 2.75) is 32.6 Å². The normalized spacial score (nSPS) is 24.6. The van der Waals surface area contributed by atoms with E-state index < -0.39 is 7.12 Å². The topological polar surface area (TPSA) is 77.8 Å². The van der Waals surface area contributed by atoms with E-state index in [-0.39, 0.29) is 23.4 Å². The molecule has 2 bridgehead atoms. The summed E-state index contributed by atoms with van der Waals surface area (Å²) in [6.07, 6.45) is 3.16. The van der Waals surface area contributed by atoms with Crippen LogP contribution < -0.4 is 5.46 Å². The minimum Gasteiger partial charge on any atom is -0.511 e. The van der Waals surface area contributed by atoms with Crippen LogP contribution in [0.2, 0.25) is 0 Å². The van der Waals surface area contributed by atoms with E-state index in [1.54, 1.807) is 18.2 Å². The maximum Gasteiger partial charge on any atom is 0.488 e. The van der Waals surface area contributed by atoms with Crippen molar-refractivity contribution in [3.8, 4) is 0 Å². The smallest absolute Gasteiger partial charge is 0.488 e. The minimum atomic E-state index is -1.58. The molecule has 1 aromatic rings. The molecule has 0 radical (unpaired) electrons. The lowest BCUT2D eigenvalue weighted by Crippen LogP contribution is -2.31. The number of rotatable bonds is 3. The van der Waals surface area contributed by atoms with Gasteiger partial charge in [0.1, 0.15) is 5.76 Å². The first-order valence-corrected chi connectivity index (χ1v) is 7.49. The molecular weight excluding hydrogens is 267 g/mol. The van der Waals surface area contributed by atoms with Gasteiger partial charge < -0.3 is 15.2 Å². The summed E-state index contributed by atoms with van der Waals surface area (Å²) in [5.74, 6) is 0.275. The molecule has 0 spiro atoms. The third-order valence-electron chi connectivity index (χ3n) is 4.77. The van der Waals surface area contributed by atoms with Gasteiger partial charge in [0.25, 0.3) is 0 Å². The molecule has 0 amide bonds. The van der Waals surface area contributed by atoms with E-state index in [2.05, 4.69) is 0 Å². The molecule has 0 heterocycles. The number of aryl methyl sites for hydroxylation is 1. The van der Waals surface area contributed by atoms with Gasteiger partial charge in [-0.05, 0) is 42.3 Å². The molecule has 110 valence electrons. The van der Waals surface area contributed by atoms with Gasteiger partial charge in [0.2, 0.25) is 0 Å². The first-order valence-electron chi connectivity index (χ1n) is 7.49. The van der Waals surface area contributed by atoms with Gasteiger partial charge >= 0.3 is 7.12 Å². The molecule has 3 rings (SSSR count). The molecule has 1 aromatic carbocycles. The van der Waals surface area contributed by atoms with E-state index >= 15 is 0 Å². The fraction of sp³-hybridized carbons (Fsp3) is 0.438. The molecule has 0 unspecified atom stereocenters. The summed E-state index contributed by atoms with van der Waals surface area (Å²) in [6, 6.07) is 5.07. The Morgan fingerprint density at radius 3 is 2.62 bits per heavy atom. The predicted octanol–water partition coefficient (Wildman–Crippen LogP) is 1.20. The number of carbonyl (C=O) groups excluding carboxylic acids is 1. The standard InChI is InChI=1S/C16H19BO4/c1-2-9-5-6-12(17(20)21)8-13(9)14-15(18)10-3-4-11(7-10)16(14)19/h5-6,8,10-11,18,20-21H,2-4,7H2,1H3/t10-,11+/m1/s1. The summed E-state index contributed by atoms with van der Waals surface area (Å²) < 4.78 is 0. The molecule has 0 aliphatic heterocycles. The Bertz CT molecular complexity index is 621. The maximum atomic E-state index is 12.6. The van der Waals surface area contributed by atoms with Crippen LogP contribution in [-0.2, 0) is 11.2 Å². The van der Waals surface area contributed by atoms with Crippen LogP contribution in [0.4, 0.5) is 0 Å². The number of fused-ring (bicyclic) bond motifs is 2. The van der Waals surface area contributed by atoms with Crippen LogP contribution >= 0.6 is 0 Å². The zero-order valence-electron chi connectivity index (χ0n) is 12.0. The molecule has 2 aliphatic carbocycles. The zero-order chi connectivity index (χ0) is 15.1. The van der Waals surface area contributed by atoms with Crippen LogP contribution in [0.3, 0.4) is 0 Å². The van der Waals surface area contributed by atoms with E-state index in [1.165, 1.54) is 0 Å². The lowest BCUT2D eigenvalue weighted by molar-refractivity contribution is -0.117. The van der Waals surface area contributed by atoms with Gasteiger partial charge in [-0.25, -0.2) is 0 Å².